The number of nitrogens with one attached hydrogen (secondary N) is 2. The molecule has 2 unspecified atom stereocenters. The highest BCUT2D eigenvalue weighted by molar-refractivity contribution is 5.87. The number of piperidine rings is 1. The van der Waals surface area contributed by atoms with Crippen LogP contribution in [0.25, 0.3) is 11.0 Å². The number of hydrogen-bond acceptors (Lipinski definition) is 5. The number of anilines is 1. The van der Waals surface area contributed by atoms with Crippen molar-refractivity contribution in [1.29, 1.82) is 0 Å². The summed E-state index contributed by atoms with van der Waals surface area (Å²) in [6.45, 7) is 2.33. The summed E-state index contributed by atoms with van der Waals surface area (Å²) in [6, 6.07) is 10.9. The lowest BCUT2D eigenvalue weighted by Gasteiger charge is -2.33. The minimum atomic E-state index is 0.315. The Bertz CT molecular complexity index is 1010. The first-order valence-corrected chi connectivity index (χ1v) is 10.6. The number of Topliss-reactive ketones (excluding diaryl/α,β-unsaturated/α-hetero) is 1. The van der Waals surface area contributed by atoms with Crippen LogP contribution in [-0.2, 0) is 11.2 Å². The van der Waals surface area contributed by atoms with Crippen LogP contribution in [0.3, 0.4) is 0 Å². The Balaban J connectivity index is 1.18. The lowest BCUT2D eigenvalue weighted by molar-refractivity contribution is -0.119. The minimum Gasteiger partial charge on any atom is -0.356 e. The lowest BCUT2D eigenvalue weighted by Crippen LogP contribution is -2.38. The van der Waals surface area contributed by atoms with Gasteiger partial charge in [-0.25, -0.2) is 9.97 Å². The fraction of sp³-hybridized carbons (Fsp3) is 0.435. The number of benzene rings is 1. The van der Waals surface area contributed by atoms with Gasteiger partial charge in [-0.1, -0.05) is 24.3 Å². The zero-order valence-corrected chi connectivity index (χ0v) is 16.6. The average Bonchev–Trinajstić information content (AvgIpc) is 3.39. The molecular weight excluding hydrogens is 362 g/mol. The number of carbonyl (C=O) groups excluding carboxylic acids is 1. The fourth-order valence-electron chi connectivity index (χ4n) is 4.94. The third-order valence-electron chi connectivity index (χ3n) is 6.35. The number of aryl methyl sites for hydroxylation is 1. The Hall–Kier alpha value is -2.73. The van der Waals surface area contributed by atoms with E-state index < -0.39 is 0 Å². The van der Waals surface area contributed by atoms with E-state index >= 15 is 0 Å². The third kappa shape index (κ3) is 3.77. The van der Waals surface area contributed by atoms with Crippen molar-refractivity contribution in [2.45, 2.75) is 38.1 Å². The summed E-state index contributed by atoms with van der Waals surface area (Å²) in [6.07, 6.45) is 8.55. The molecule has 2 aromatic heterocycles. The Labute approximate surface area is 170 Å². The molecule has 1 fully saturated rings. The number of ketones is 1. The van der Waals surface area contributed by atoms with E-state index in [0.717, 1.165) is 55.6 Å². The van der Waals surface area contributed by atoms with Gasteiger partial charge in [-0.3, -0.25) is 4.79 Å². The summed E-state index contributed by atoms with van der Waals surface area (Å²) < 4.78 is 0. The van der Waals surface area contributed by atoms with Gasteiger partial charge in [0.1, 0.15) is 23.6 Å². The first-order chi connectivity index (χ1) is 14.3. The molecule has 6 heteroatoms. The van der Waals surface area contributed by atoms with E-state index in [4.69, 9.17) is 0 Å². The second kappa shape index (κ2) is 7.95. The van der Waals surface area contributed by atoms with Gasteiger partial charge >= 0.3 is 0 Å². The van der Waals surface area contributed by atoms with Crippen molar-refractivity contribution in [1.82, 2.24) is 20.3 Å². The molecule has 0 amide bonds. The molecule has 0 radical (unpaired) electrons. The van der Waals surface area contributed by atoms with E-state index in [9.17, 15) is 4.79 Å². The van der Waals surface area contributed by atoms with Crippen molar-refractivity contribution in [3.05, 3.63) is 54.0 Å². The van der Waals surface area contributed by atoms with E-state index in [1.165, 1.54) is 11.1 Å². The van der Waals surface area contributed by atoms with Gasteiger partial charge in [-0.15, -0.1) is 0 Å². The smallest absolute Gasteiger partial charge is 0.146 e. The van der Waals surface area contributed by atoms with Gasteiger partial charge in [0.05, 0.1) is 11.9 Å². The molecule has 2 N–H and O–H groups in total. The molecule has 6 nitrogen and oxygen atoms in total. The number of aromatic amines is 1. The minimum absolute atomic E-state index is 0.315. The number of fused-ring (bicyclic) bond motifs is 2. The SMILES string of the molecule is O=C(CNC1CCc2ccccc21)CC1CCCN(c2ncnc3[nH]ccc23)C1. The molecule has 1 saturated heterocycles. The van der Waals surface area contributed by atoms with Crippen molar-refractivity contribution >= 4 is 22.6 Å². The van der Waals surface area contributed by atoms with Crippen LogP contribution in [0.4, 0.5) is 5.82 Å². The first-order valence-electron chi connectivity index (χ1n) is 10.6. The van der Waals surface area contributed by atoms with Crippen LogP contribution in [0.2, 0.25) is 0 Å². The van der Waals surface area contributed by atoms with Crippen LogP contribution >= 0.6 is 0 Å². The number of aromatic nitrogens is 3. The average molecular weight is 390 g/mol. The molecule has 2 aliphatic rings. The molecule has 1 aromatic carbocycles. The topological polar surface area (TPSA) is 73.9 Å². The highest BCUT2D eigenvalue weighted by Crippen LogP contribution is 2.31. The normalized spacial score (nSPS) is 21.4. The first kappa shape index (κ1) is 18.3. The summed E-state index contributed by atoms with van der Waals surface area (Å²) in [4.78, 5) is 27.0. The molecule has 1 aliphatic heterocycles. The Morgan fingerprint density at radius 1 is 1.21 bits per heavy atom. The van der Waals surface area contributed by atoms with Gasteiger partial charge < -0.3 is 15.2 Å². The maximum atomic E-state index is 12.7. The van der Waals surface area contributed by atoms with Crippen molar-refractivity contribution < 1.29 is 4.79 Å². The van der Waals surface area contributed by atoms with E-state index in [1.54, 1.807) is 6.33 Å². The maximum Gasteiger partial charge on any atom is 0.146 e. The van der Waals surface area contributed by atoms with Crippen molar-refractivity contribution in [3.8, 4) is 0 Å². The van der Waals surface area contributed by atoms with E-state index in [0.29, 0.717) is 30.7 Å². The molecule has 150 valence electrons. The molecule has 29 heavy (non-hydrogen) atoms. The van der Waals surface area contributed by atoms with E-state index in [2.05, 4.69) is 49.4 Å². The fourth-order valence-corrected chi connectivity index (χ4v) is 4.94. The molecule has 0 spiro atoms. The number of rotatable bonds is 6. The van der Waals surface area contributed by atoms with Gasteiger partial charge in [-0.05, 0) is 48.8 Å². The quantitative estimate of drug-likeness (QED) is 0.676. The monoisotopic (exact) mass is 389 g/mol. The standard InChI is InChI=1S/C23H27N5O/c29-18(13-25-21-8-7-17-5-1-2-6-19(17)21)12-16-4-3-11-28(14-16)23-20-9-10-24-22(20)26-15-27-23/h1-2,5-6,9-10,15-16,21,25H,3-4,7-8,11-14H2,(H,24,26,27). The summed E-state index contributed by atoms with van der Waals surface area (Å²) >= 11 is 0. The molecule has 3 aromatic rings. The number of H-pyrrole nitrogens is 1. The van der Waals surface area contributed by atoms with Gasteiger partial charge in [0.15, 0.2) is 0 Å². The zero-order valence-electron chi connectivity index (χ0n) is 16.6. The molecule has 2 atom stereocenters. The van der Waals surface area contributed by atoms with Crippen LogP contribution in [0.15, 0.2) is 42.9 Å². The molecule has 3 heterocycles. The number of hydrogen-bond donors (Lipinski definition) is 2. The van der Waals surface area contributed by atoms with Crippen LogP contribution in [0, 0.1) is 5.92 Å². The van der Waals surface area contributed by atoms with E-state index in [-0.39, 0.29) is 0 Å². The second-order valence-electron chi connectivity index (χ2n) is 8.31. The van der Waals surface area contributed by atoms with Crippen molar-refractivity contribution in [3.63, 3.8) is 0 Å². The Morgan fingerprint density at radius 3 is 3.10 bits per heavy atom. The van der Waals surface area contributed by atoms with Crippen LogP contribution < -0.4 is 10.2 Å². The second-order valence-corrected chi connectivity index (χ2v) is 8.31. The third-order valence-corrected chi connectivity index (χ3v) is 6.35. The van der Waals surface area contributed by atoms with Crippen LogP contribution in [-0.4, -0.2) is 40.4 Å². The van der Waals surface area contributed by atoms with Crippen LogP contribution in [0.5, 0.6) is 0 Å². The highest BCUT2D eigenvalue weighted by Gasteiger charge is 2.26. The lowest BCUT2D eigenvalue weighted by atomic mass is 9.92. The Kier molecular flexibility index (Phi) is 5.02. The van der Waals surface area contributed by atoms with Gasteiger partial charge in [0, 0.05) is 31.7 Å². The number of carbonyl (C=O) groups is 1. The zero-order chi connectivity index (χ0) is 19.6. The number of nitrogens with zero attached hydrogens (tertiary/aromatic N) is 3. The van der Waals surface area contributed by atoms with Gasteiger partial charge in [0.25, 0.3) is 0 Å². The summed E-state index contributed by atoms with van der Waals surface area (Å²) in [5, 5.41) is 4.56. The summed E-state index contributed by atoms with van der Waals surface area (Å²) in [5.74, 6) is 1.68. The molecule has 0 saturated carbocycles. The molecule has 0 bridgehead atoms. The molecule has 1 aliphatic carbocycles. The largest absolute Gasteiger partial charge is 0.356 e. The Morgan fingerprint density at radius 2 is 2.14 bits per heavy atom. The molecule has 5 rings (SSSR count). The highest BCUT2D eigenvalue weighted by atomic mass is 16.1. The van der Waals surface area contributed by atoms with Gasteiger partial charge in [-0.2, -0.15) is 0 Å². The van der Waals surface area contributed by atoms with Gasteiger partial charge in [0.2, 0.25) is 0 Å². The maximum absolute atomic E-state index is 12.7. The van der Waals surface area contributed by atoms with Crippen LogP contribution in [0.1, 0.15) is 42.9 Å². The van der Waals surface area contributed by atoms with Crippen molar-refractivity contribution in [2.75, 3.05) is 24.5 Å². The van der Waals surface area contributed by atoms with Crippen molar-refractivity contribution in [2.24, 2.45) is 5.92 Å². The predicted molar refractivity (Wildman–Crippen MR) is 114 cm³/mol. The summed E-state index contributed by atoms with van der Waals surface area (Å²) in [5.41, 5.74) is 3.65. The predicted octanol–water partition coefficient (Wildman–Crippen LogP) is 3.41. The summed E-state index contributed by atoms with van der Waals surface area (Å²) in [7, 11) is 0. The molecular formula is C23H27N5O. The van der Waals surface area contributed by atoms with E-state index in [1.807, 2.05) is 12.3 Å².